The van der Waals surface area contributed by atoms with Crippen molar-refractivity contribution in [2.24, 2.45) is 0 Å². The highest BCUT2D eigenvalue weighted by Gasteiger charge is 2.19. The maximum atomic E-state index is 12.9. The molecule has 0 aromatic heterocycles. The van der Waals surface area contributed by atoms with E-state index in [1.807, 2.05) is 12.2 Å². The van der Waals surface area contributed by atoms with Crippen LogP contribution in [-0.2, 0) is 28.6 Å². The van der Waals surface area contributed by atoms with Gasteiger partial charge in [0.2, 0.25) is 0 Å². The van der Waals surface area contributed by atoms with Gasteiger partial charge in [0.1, 0.15) is 13.2 Å². The first-order chi connectivity index (χ1) is 41.0. The fraction of sp³-hybridized carbons (Fsp3) is 0.442. The van der Waals surface area contributed by atoms with Crippen LogP contribution in [0, 0.1) is 0 Å². The van der Waals surface area contributed by atoms with E-state index in [0.29, 0.717) is 19.3 Å². The zero-order valence-corrected chi connectivity index (χ0v) is 51.8. The lowest BCUT2D eigenvalue weighted by molar-refractivity contribution is -0.166. The number of hydrogen-bond acceptors (Lipinski definition) is 6. The number of esters is 3. The highest BCUT2D eigenvalue weighted by Crippen LogP contribution is 2.09. The lowest BCUT2D eigenvalue weighted by Crippen LogP contribution is -2.30. The van der Waals surface area contributed by atoms with Crippen LogP contribution in [0.15, 0.2) is 243 Å². The highest BCUT2D eigenvalue weighted by atomic mass is 16.6. The molecule has 0 aromatic rings. The molecule has 454 valence electrons. The third-order valence-corrected chi connectivity index (χ3v) is 11.8. The number of hydrogen-bond donors (Lipinski definition) is 0. The third-order valence-electron chi connectivity index (χ3n) is 11.8. The number of carbonyl (C=O) groups excluding carboxylic acids is 3. The molecule has 0 bridgehead atoms. The summed E-state index contributed by atoms with van der Waals surface area (Å²) in [7, 11) is 0. The SMILES string of the molecule is CC/C=C\C/C=C\C/C=C\C/C=C\C/C=C\C/C=C\C/C=C\C/C=C\C/C=C\CCCC(=O)OCC(COC(=O)CC/C=C\C/C=C\C/C=C\C/C=C\CC)OC(=O)CCC/C=C\C/C=C\C/C=C\C/C=C\C/C=C\C/C=C\C/C=C\CC. The number of ether oxygens (including phenoxy) is 3. The second-order valence-corrected chi connectivity index (χ2v) is 19.5. The Kier molecular flexibility index (Phi) is 62.2. The molecule has 1 unspecified atom stereocenters. The van der Waals surface area contributed by atoms with Gasteiger partial charge in [-0.3, -0.25) is 14.4 Å². The maximum absolute atomic E-state index is 12.9. The van der Waals surface area contributed by atoms with Crippen LogP contribution in [0.1, 0.15) is 201 Å². The van der Waals surface area contributed by atoms with Gasteiger partial charge >= 0.3 is 17.9 Å². The van der Waals surface area contributed by atoms with Crippen molar-refractivity contribution in [3.05, 3.63) is 243 Å². The molecule has 0 saturated heterocycles. The van der Waals surface area contributed by atoms with Crippen molar-refractivity contribution >= 4 is 17.9 Å². The standard InChI is InChI=1S/C77H110O6/c1-4-7-10-13-16-19-22-25-27-29-31-33-35-36-37-38-39-40-42-43-45-47-49-52-55-58-61-64-67-70-76(79)82-73-74(72-81-75(78)69-66-63-60-57-54-51-24-21-18-15-12-9-6-3)83-77(80)71-68-65-62-59-56-53-50-48-46-44-41-34-32-30-28-26-23-20-17-14-11-8-5-2/h7-12,16-21,25-28,31-34,36-37,39-40,43-46,49-54,58-63,74H,4-6,13-15,22-24,29-30,35,38,41-42,47-48,55-57,64-73H2,1-3H3/b10-7-,11-8-,12-9-,19-16-,20-17-,21-18-,27-25-,28-26-,33-31-,34-32-,37-36-,40-39-,45-43-,46-44-,52-49-,53-50-,54-51-,61-58-,62-59-,63-60-. The van der Waals surface area contributed by atoms with Gasteiger partial charge in [0, 0.05) is 19.3 Å². The molecule has 0 aliphatic heterocycles. The minimum atomic E-state index is -0.880. The van der Waals surface area contributed by atoms with Crippen LogP contribution in [0.3, 0.4) is 0 Å². The summed E-state index contributed by atoms with van der Waals surface area (Å²) in [5, 5.41) is 0. The van der Waals surface area contributed by atoms with Gasteiger partial charge < -0.3 is 14.2 Å². The van der Waals surface area contributed by atoms with Gasteiger partial charge in [0.25, 0.3) is 0 Å². The molecule has 0 aliphatic rings. The predicted octanol–water partition coefficient (Wildman–Crippen LogP) is 22.1. The summed E-state index contributed by atoms with van der Waals surface area (Å²) in [5.41, 5.74) is 0. The van der Waals surface area contributed by atoms with E-state index in [9.17, 15) is 14.4 Å². The Bertz CT molecular complexity index is 2180. The number of unbranched alkanes of at least 4 members (excludes halogenated alkanes) is 2. The molecule has 0 radical (unpaired) electrons. The molecule has 6 heteroatoms. The van der Waals surface area contributed by atoms with Crippen LogP contribution in [0.4, 0.5) is 0 Å². The molecule has 0 spiro atoms. The Morgan fingerprint density at radius 1 is 0.241 bits per heavy atom. The predicted molar refractivity (Wildman–Crippen MR) is 361 cm³/mol. The zero-order valence-electron chi connectivity index (χ0n) is 51.8. The quantitative estimate of drug-likeness (QED) is 0.0261. The van der Waals surface area contributed by atoms with Crippen LogP contribution in [0.2, 0.25) is 0 Å². The monoisotopic (exact) mass is 1130 g/mol. The van der Waals surface area contributed by atoms with E-state index in [1.54, 1.807) is 0 Å². The van der Waals surface area contributed by atoms with E-state index in [1.165, 1.54) is 0 Å². The fourth-order valence-corrected chi connectivity index (χ4v) is 7.27. The van der Waals surface area contributed by atoms with Crippen LogP contribution in [0.25, 0.3) is 0 Å². The summed E-state index contributed by atoms with van der Waals surface area (Å²) in [6.07, 6.45) is 109. The van der Waals surface area contributed by atoms with Crippen molar-refractivity contribution in [1.29, 1.82) is 0 Å². The van der Waals surface area contributed by atoms with Crippen molar-refractivity contribution in [2.45, 2.75) is 207 Å². The average molecular weight is 1130 g/mol. The molecule has 1 atom stereocenters. The minimum absolute atomic E-state index is 0.170. The normalized spacial score (nSPS) is 13.8. The Morgan fingerprint density at radius 2 is 0.434 bits per heavy atom. The van der Waals surface area contributed by atoms with Gasteiger partial charge in [-0.15, -0.1) is 0 Å². The molecular weight excluding hydrogens is 1020 g/mol. The second kappa shape index (κ2) is 67.7. The summed E-state index contributed by atoms with van der Waals surface area (Å²) in [4.78, 5) is 38.2. The van der Waals surface area contributed by atoms with E-state index < -0.39 is 18.0 Å². The molecule has 0 saturated carbocycles. The number of rotatable bonds is 53. The van der Waals surface area contributed by atoms with E-state index >= 15 is 0 Å². The Labute approximate surface area is 507 Å². The van der Waals surface area contributed by atoms with Gasteiger partial charge in [-0.2, -0.15) is 0 Å². The van der Waals surface area contributed by atoms with Crippen molar-refractivity contribution in [3.63, 3.8) is 0 Å². The van der Waals surface area contributed by atoms with E-state index in [-0.39, 0.29) is 38.4 Å². The molecule has 0 aromatic carbocycles. The summed E-state index contributed by atoms with van der Waals surface area (Å²) >= 11 is 0. The first-order valence-electron chi connectivity index (χ1n) is 31.5. The summed E-state index contributed by atoms with van der Waals surface area (Å²) in [6.45, 7) is 6.10. The highest BCUT2D eigenvalue weighted by molar-refractivity contribution is 5.71. The Balaban J connectivity index is 4.64. The minimum Gasteiger partial charge on any atom is -0.462 e. The smallest absolute Gasteiger partial charge is 0.306 e. The largest absolute Gasteiger partial charge is 0.462 e. The molecule has 0 N–H and O–H groups in total. The molecule has 0 amide bonds. The van der Waals surface area contributed by atoms with Crippen LogP contribution in [-0.4, -0.2) is 37.2 Å². The number of allylic oxidation sites excluding steroid dienone is 40. The maximum Gasteiger partial charge on any atom is 0.306 e. The lowest BCUT2D eigenvalue weighted by Gasteiger charge is -2.18. The van der Waals surface area contributed by atoms with E-state index in [2.05, 4.69) is 252 Å². The number of carbonyl (C=O) groups is 3. The van der Waals surface area contributed by atoms with Crippen molar-refractivity contribution in [1.82, 2.24) is 0 Å². The summed E-state index contributed by atoms with van der Waals surface area (Å²) in [5.74, 6) is -1.19. The summed E-state index contributed by atoms with van der Waals surface area (Å²) < 4.78 is 16.7. The molecule has 0 heterocycles. The van der Waals surface area contributed by atoms with Gasteiger partial charge in [-0.05, 0) is 161 Å². The first kappa shape index (κ1) is 76.2. The molecule has 0 aliphatic carbocycles. The van der Waals surface area contributed by atoms with Crippen molar-refractivity contribution in [3.8, 4) is 0 Å². The molecular formula is C77H110O6. The molecule has 83 heavy (non-hydrogen) atoms. The summed E-state index contributed by atoms with van der Waals surface area (Å²) in [6, 6.07) is 0. The topological polar surface area (TPSA) is 78.9 Å². The van der Waals surface area contributed by atoms with Crippen LogP contribution < -0.4 is 0 Å². The van der Waals surface area contributed by atoms with Crippen LogP contribution >= 0.6 is 0 Å². The van der Waals surface area contributed by atoms with Gasteiger partial charge in [0.05, 0.1) is 0 Å². The van der Waals surface area contributed by atoms with Gasteiger partial charge in [-0.1, -0.05) is 264 Å². The third kappa shape index (κ3) is 65.9. The van der Waals surface area contributed by atoms with E-state index in [4.69, 9.17) is 14.2 Å². The molecule has 0 rings (SSSR count). The lowest BCUT2D eigenvalue weighted by atomic mass is 10.2. The molecule has 6 nitrogen and oxygen atoms in total. The Morgan fingerprint density at radius 3 is 0.675 bits per heavy atom. The second-order valence-electron chi connectivity index (χ2n) is 19.5. The van der Waals surface area contributed by atoms with Gasteiger partial charge in [-0.25, -0.2) is 0 Å². The Hall–Kier alpha value is -6.79. The van der Waals surface area contributed by atoms with Crippen molar-refractivity contribution < 1.29 is 28.6 Å². The fourth-order valence-electron chi connectivity index (χ4n) is 7.27. The zero-order chi connectivity index (χ0) is 59.9. The van der Waals surface area contributed by atoms with Gasteiger partial charge in [0.15, 0.2) is 6.10 Å². The molecule has 0 fully saturated rings. The first-order valence-corrected chi connectivity index (χ1v) is 31.5. The van der Waals surface area contributed by atoms with E-state index in [0.717, 1.165) is 141 Å². The average Bonchev–Trinajstić information content (AvgIpc) is 3.49. The van der Waals surface area contributed by atoms with Crippen LogP contribution in [0.5, 0.6) is 0 Å². The van der Waals surface area contributed by atoms with Crippen molar-refractivity contribution in [2.75, 3.05) is 13.2 Å².